The second-order valence-corrected chi connectivity index (χ2v) is 7.62. The number of hydrogen-bond acceptors (Lipinski definition) is 5. The van der Waals surface area contributed by atoms with Gasteiger partial charge in [0.15, 0.2) is 17.5 Å². The third kappa shape index (κ3) is 3.15. The van der Waals surface area contributed by atoms with Crippen molar-refractivity contribution >= 4 is 15.7 Å². The van der Waals surface area contributed by atoms with Gasteiger partial charge in [-0.2, -0.15) is 0 Å². The van der Waals surface area contributed by atoms with E-state index in [9.17, 15) is 17.2 Å². The maximum absolute atomic E-state index is 13.3. The highest BCUT2D eigenvalue weighted by Gasteiger charge is 2.28. The summed E-state index contributed by atoms with van der Waals surface area (Å²) in [6.07, 6.45) is 2.00. The summed E-state index contributed by atoms with van der Waals surface area (Å²) in [5.41, 5.74) is 0.907. The normalized spacial score (nSPS) is 14.4. The molecule has 0 radical (unpaired) electrons. The zero-order valence-corrected chi connectivity index (χ0v) is 14.1. The van der Waals surface area contributed by atoms with Crippen molar-refractivity contribution in [2.24, 2.45) is 0 Å². The summed E-state index contributed by atoms with van der Waals surface area (Å²) in [7, 11) is -4.07. The lowest BCUT2D eigenvalue weighted by Crippen LogP contribution is -2.13. The summed E-state index contributed by atoms with van der Waals surface area (Å²) >= 11 is 0. The van der Waals surface area contributed by atoms with Gasteiger partial charge in [0.2, 0.25) is 0 Å². The van der Waals surface area contributed by atoms with Gasteiger partial charge in [-0.3, -0.25) is 4.72 Å². The number of tetrazole rings is 1. The van der Waals surface area contributed by atoms with E-state index in [1.807, 2.05) is 0 Å². The zero-order chi connectivity index (χ0) is 18.3. The van der Waals surface area contributed by atoms with Crippen LogP contribution in [0.15, 0.2) is 47.4 Å². The van der Waals surface area contributed by atoms with E-state index in [0.717, 1.165) is 25.0 Å². The first-order valence-corrected chi connectivity index (χ1v) is 9.28. The molecule has 3 aromatic rings. The molecule has 1 N–H and O–H groups in total. The number of aromatic nitrogens is 4. The lowest BCUT2D eigenvalue weighted by Gasteiger charge is -2.10. The lowest BCUT2D eigenvalue weighted by molar-refractivity contribution is 0.504. The Morgan fingerprint density at radius 1 is 1.08 bits per heavy atom. The van der Waals surface area contributed by atoms with Gasteiger partial charge in [-0.05, 0) is 53.6 Å². The van der Waals surface area contributed by atoms with E-state index in [2.05, 4.69) is 20.2 Å². The molecule has 1 aliphatic carbocycles. The minimum atomic E-state index is -4.07. The van der Waals surface area contributed by atoms with E-state index in [4.69, 9.17) is 0 Å². The van der Waals surface area contributed by atoms with Gasteiger partial charge in [-0.1, -0.05) is 12.1 Å². The highest BCUT2D eigenvalue weighted by atomic mass is 32.2. The van der Waals surface area contributed by atoms with Crippen molar-refractivity contribution in [1.29, 1.82) is 0 Å². The molecule has 134 valence electrons. The Bertz CT molecular complexity index is 1080. The van der Waals surface area contributed by atoms with Crippen LogP contribution in [0.4, 0.5) is 14.5 Å². The van der Waals surface area contributed by atoms with Gasteiger partial charge < -0.3 is 0 Å². The summed E-state index contributed by atoms with van der Waals surface area (Å²) < 4.78 is 55.2. The molecule has 1 saturated carbocycles. The molecule has 4 rings (SSSR count). The molecule has 2 aromatic carbocycles. The summed E-state index contributed by atoms with van der Waals surface area (Å²) in [5.74, 6) is -1.80. The van der Waals surface area contributed by atoms with E-state index >= 15 is 0 Å². The highest BCUT2D eigenvalue weighted by molar-refractivity contribution is 7.92. The number of sulfonamides is 1. The molecule has 0 spiro atoms. The molecule has 0 saturated heterocycles. The smallest absolute Gasteiger partial charge is 0.261 e. The number of rotatable bonds is 5. The molecule has 0 aliphatic heterocycles. The molecule has 1 aromatic heterocycles. The number of hydrogen-bond donors (Lipinski definition) is 1. The Hall–Kier alpha value is -2.88. The molecule has 1 heterocycles. The van der Waals surface area contributed by atoms with Crippen molar-refractivity contribution in [1.82, 2.24) is 20.2 Å². The van der Waals surface area contributed by atoms with Crippen molar-refractivity contribution in [3.63, 3.8) is 0 Å². The van der Waals surface area contributed by atoms with Crippen LogP contribution in [0.5, 0.6) is 0 Å². The first-order chi connectivity index (χ1) is 12.4. The molecular weight excluding hydrogens is 364 g/mol. The fraction of sp³-hybridized carbons (Fsp3) is 0.188. The van der Waals surface area contributed by atoms with E-state index in [0.29, 0.717) is 17.5 Å². The van der Waals surface area contributed by atoms with Crippen LogP contribution < -0.4 is 4.72 Å². The molecule has 7 nitrogen and oxygen atoms in total. The molecule has 1 fully saturated rings. The average Bonchev–Trinajstić information content (AvgIpc) is 3.33. The van der Waals surface area contributed by atoms with Crippen LogP contribution in [0, 0.1) is 11.6 Å². The fourth-order valence-corrected chi connectivity index (χ4v) is 3.59. The maximum atomic E-state index is 13.3. The molecule has 0 atom stereocenters. The van der Waals surface area contributed by atoms with Gasteiger partial charge in [-0.15, -0.1) is 5.10 Å². The summed E-state index contributed by atoms with van der Waals surface area (Å²) in [6.45, 7) is 0. The number of anilines is 1. The maximum Gasteiger partial charge on any atom is 0.261 e. The van der Waals surface area contributed by atoms with Gasteiger partial charge in [0.1, 0.15) is 0 Å². The topological polar surface area (TPSA) is 89.8 Å². The third-order valence-electron chi connectivity index (χ3n) is 3.96. The van der Waals surface area contributed by atoms with E-state index in [1.165, 1.54) is 0 Å². The largest absolute Gasteiger partial charge is 0.280 e. The van der Waals surface area contributed by atoms with Crippen LogP contribution in [0.2, 0.25) is 0 Å². The molecule has 26 heavy (non-hydrogen) atoms. The Labute approximate surface area is 147 Å². The SMILES string of the molecule is O=S(=O)(Nc1cccc(-c2nnnn2C2CC2)c1)c1ccc(F)c(F)c1. The van der Waals surface area contributed by atoms with Crippen molar-refractivity contribution in [2.75, 3.05) is 4.72 Å². The van der Waals surface area contributed by atoms with Gasteiger partial charge >= 0.3 is 0 Å². The molecular formula is C16H13F2N5O2S. The number of halogens is 2. The Kier molecular flexibility index (Phi) is 3.91. The Balaban J connectivity index is 1.64. The van der Waals surface area contributed by atoms with Crippen LogP contribution in [-0.2, 0) is 10.0 Å². The van der Waals surface area contributed by atoms with Gasteiger partial charge in [0.25, 0.3) is 10.0 Å². The minimum Gasteiger partial charge on any atom is -0.280 e. The van der Waals surface area contributed by atoms with Crippen molar-refractivity contribution in [2.45, 2.75) is 23.8 Å². The third-order valence-corrected chi connectivity index (χ3v) is 5.34. The minimum absolute atomic E-state index is 0.262. The predicted molar refractivity (Wildman–Crippen MR) is 88.7 cm³/mol. The highest BCUT2D eigenvalue weighted by Crippen LogP contribution is 2.36. The van der Waals surface area contributed by atoms with E-state index in [-0.39, 0.29) is 16.6 Å². The average molecular weight is 377 g/mol. The molecule has 0 unspecified atom stereocenters. The van der Waals surface area contributed by atoms with Gasteiger partial charge in [-0.25, -0.2) is 21.9 Å². The second-order valence-electron chi connectivity index (χ2n) is 5.94. The molecule has 10 heteroatoms. The quantitative estimate of drug-likeness (QED) is 0.738. The van der Waals surface area contributed by atoms with Crippen molar-refractivity contribution in [3.05, 3.63) is 54.1 Å². The summed E-state index contributed by atoms with van der Waals surface area (Å²) in [6, 6.07) is 9.22. The van der Waals surface area contributed by atoms with Gasteiger partial charge in [0.05, 0.1) is 10.9 Å². The molecule has 0 amide bonds. The van der Waals surface area contributed by atoms with Crippen LogP contribution in [-0.4, -0.2) is 28.6 Å². The number of benzene rings is 2. The number of nitrogens with zero attached hydrogens (tertiary/aromatic N) is 4. The first-order valence-electron chi connectivity index (χ1n) is 7.80. The predicted octanol–water partition coefficient (Wildman–Crippen LogP) is 2.75. The Morgan fingerprint density at radius 3 is 2.62 bits per heavy atom. The van der Waals surface area contributed by atoms with E-state index in [1.54, 1.807) is 28.9 Å². The zero-order valence-electron chi connectivity index (χ0n) is 13.3. The van der Waals surface area contributed by atoms with Crippen LogP contribution >= 0.6 is 0 Å². The van der Waals surface area contributed by atoms with Crippen molar-refractivity contribution < 1.29 is 17.2 Å². The summed E-state index contributed by atoms with van der Waals surface area (Å²) in [4.78, 5) is -0.371. The van der Waals surface area contributed by atoms with Crippen LogP contribution in [0.1, 0.15) is 18.9 Å². The van der Waals surface area contributed by atoms with Crippen LogP contribution in [0.25, 0.3) is 11.4 Å². The lowest BCUT2D eigenvalue weighted by atomic mass is 10.2. The van der Waals surface area contributed by atoms with Crippen molar-refractivity contribution in [3.8, 4) is 11.4 Å². The molecule has 0 bridgehead atoms. The van der Waals surface area contributed by atoms with Crippen LogP contribution in [0.3, 0.4) is 0 Å². The van der Waals surface area contributed by atoms with Gasteiger partial charge in [0, 0.05) is 11.3 Å². The standard InChI is InChI=1S/C16H13F2N5O2S/c17-14-7-6-13(9-15(14)18)26(24,25)20-11-3-1-2-10(8-11)16-19-21-22-23(16)12-4-5-12/h1-3,6-9,12,20H,4-5H2. The Morgan fingerprint density at radius 2 is 1.88 bits per heavy atom. The summed E-state index contributed by atoms with van der Waals surface area (Å²) in [5, 5.41) is 11.6. The molecule has 1 aliphatic rings. The van der Waals surface area contributed by atoms with E-state index < -0.39 is 21.7 Å². The number of nitrogens with one attached hydrogen (secondary N) is 1. The fourth-order valence-electron chi connectivity index (χ4n) is 2.53. The monoisotopic (exact) mass is 377 g/mol. The second kappa shape index (κ2) is 6.13. The first kappa shape index (κ1) is 16.6.